The molecule has 0 aliphatic heterocycles. The van der Waals surface area contributed by atoms with Gasteiger partial charge in [0.25, 0.3) is 5.91 Å². The Morgan fingerprint density at radius 2 is 2.00 bits per heavy atom. The van der Waals surface area contributed by atoms with Gasteiger partial charge in [0.15, 0.2) is 0 Å². The fourth-order valence-corrected chi connectivity index (χ4v) is 2.54. The van der Waals surface area contributed by atoms with Gasteiger partial charge >= 0.3 is 6.61 Å². The van der Waals surface area contributed by atoms with E-state index in [0.717, 1.165) is 3.57 Å². The molecule has 0 saturated carbocycles. The highest BCUT2D eigenvalue weighted by molar-refractivity contribution is 14.1. The predicted molar refractivity (Wildman–Crippen MR) is 87.9 cm³/mol. The second kappa shape index (κ2) is 7.17. The number of hydrogen-bond donors (Lipinski definition) is 1. The van der Waals surface area contributed by atoms with E-state index in [-0.39, 0.29) is 11.7 Å². The van der Waals surface area contributed by atoms with Crippen molar-refractivity contribution in [3.8, 4) is 5.75 Å². The Hall–Kier alpha value is -1.22. The van der Waals surface area contributed by atoms with Gasteiger partial charge in [0, 0.05) is 19.8 Å². The molecule has 0 unspecified atom stereocenters. The van der Waals surface area contributed by atoms with Crippen LogP contribution >= 0.6 is 38.5 Å². The predicted octanol–water partition coefficient (Wildman–Crippen LogP) is 4.91. The number of amides is 1. The minimum atomic E-state index is -2.90. The Labute approximate surface area is 142 Å². The summed E-state index contributed by atoms with van der Waals surface area (Å²) in [6.07, 6.45) is 0. The van der Waals surface area contributed by atoms with Gasteiger partial charge in [0.2, 0.25) is 0 Å². The Bertz CT molecular complexity index is 667. The van der Waals surface area contributed by atoms with E-state index in [2.05, 4.69) is 48.6 Å². The Kier molecular flexibility index (Phi) is 5.51. The summed E-state index contributed by atoms with van der Waals surface area (Å²) in [5, 5.41) is 2.64. The molecule has 0 saturated heterocycles. The Morgan fingerprint density at radius 3 is 2.71 bits per heavy atom. The zero-order chi connectivity index (χ0) is 15.4. The van der Waals surface area contributed by atoms with Crippen LogP contribution in [0, 0.1) is 3.57 Å². The molecule has 0 aliphatic carbocycles. The molecule has 21 heavy (non-hydrogen) atoms. The van der Waals surface area contributed by atoms with E-state index in [4.69, 9.17) is 0 Å². The number of carbonyl (C=O) groups excluding carboxylic acids is 1. The lowest BCUT2D eigenvalue weighted by Crippen LogP contribution is -2.13. The first-order chi connectivity index (χ1) is 9.95. The highest BCUT2D eigenvalue weighted by Gasteiger charge is 2.12. The van der Waals surface area contributed by atoms with Crippen LogP contribution in [0.15, 0.2) is 46.9 Å². The van der Waals surface area contributed by atoms with Gasteiger partial charge in [0.1, 0.15) is 5.75 Å². The molecule has 0 fully saturated rings. The normalized spacial score (nSPS) is 10.5. The largest absolute Gasteiger partial charge is 0.435 e. The quantitative estimate of drug-likeness (QED) is 0.649. The average molecular weight is 468 g/mol. The first-order valence-electron chi connectivity index (χ1n) is 5.77. The van der Waals surface area contributed by atoms with Gasteiger partial charge in [-0.05, 0) is 68.9 Å². The topological polar surface area (TPSA) is 38.3 Å². The van der Waals surface area contributed by atoms with Crippen molar-refractivity contribution in [2.24, 2.45) is 0 Å². The van der Waals surface area contributed by atoms with Crippen molar-refractivity contribution in [2.75, 3.05) is 5.32 Å². The van der Waals surface area contributed by atoms with Crippen LogP contribution in [0.4, 0.5) is 14.5 Å². The van der Waals surface area contributed by atoms with Gasteiger partial charge in [-0.15, -0.1) is 0 Å². The van der Waals surface area contributed by atoms with Crippen LogP contribution in [0.5, 0.6) is 5.75 Å². The molecule has 7 heteroatoms. The lowest BCUT2D eigenvalue weighted by Gasteiger charge is -2.09. The molecule has 2 aromatic carbocycles. The smallest absolute Gasteiger partial charge is 0.387 e. The third-order valence-corrected chi connectivity index (χ3v) is 3.85. The molecule has 0 atom stereocenters. The molecule has 3 nitrogen and oxygen atoms in total. The van der Waals surface area contributed by atoms with Gasteiger partial charge in [-0.25, -0.2) is 0 Å². The number of carbonyl (C=O) groups is 1. The van der Waals surface area contributed by atoms with Crippen molar-refractivity contribution in [3.05, 3.63) is 56.1 Å². The van der Waals surface area contributed by atoms with E-state index in [1.54, 1.807) is 18.2 Å². The van der Waals surface area contributed by atoms with Crippen LogP contribution in [-0.2, 0) is 0 Å². The van der Waals surface area contributed by atoms with Crippen LogP contribution in [-0.4, -0.2) is 12.5 Å². The first kappa shape index (κ1) is 16.2. The Morgan fingerprint density at radius 1 is 1.24 bits per heavy atom. The number of anilines is 1. The third kappa shape index (κ3) is 4.63. The molecule has 0 radical (unpaired) electrons. The lowest BCUT2D eigenvalue weighted by molar-refractivity contribution is -0.0497. The fraction of sp³-hybridized carbons (Fsp3) is 0.0714. The second-order valence-electron chi connectivity index (χ2n) is 3.98. The number of rotatable bonds is 4. The van der Waals surface area contributed by atoms with Crippen LogP contribution in [0.3, 0.4) is 0 Å². The molecule has 0 aliphatic rings. The third-order valence-electron chi connectivity index (χ3n) is 2.49. The van der Waals surface area contributed by atoms with Gasteiger partial charge in [0.05, 0.1) is 5.56 Å². The van der Waals surface area contributed by atoms with Gasteiger partial charge in [-0.2, -0.15) is 8.78 Å². The maximum absolute atomic E-state index is 12.2. The summed E-state index contributed by atoms with van der Waals surface area (Å²) in [6, 6.07) is 11.2. The van der Waals surface area contributed by atoms with E-state index in [1.165, 1.54) is 18.2 Å². The Balaban J connectivity index is 2.17. The van der Waals surface area contributed by atoms with Crippen molar-refractivity contribution < 1.29 is 18.3 Å². The van der Waals surface area contributed by atoms with E-state index in [9.17, 15) is 13.6 Å². The number of ether oxygens (including phenoxy) is 1. The van der Waals surface area contributed by atoms with Gasteiger partial charge in [-0.1, -0.05) is 6.07 Å². The van der Waals surface area contributed by atoms with Gasteiger partial charge in [-0.3, -0.25) is 4.79 Å². The fourth-order valence-electron chi connectivity index (χ4n) is 1.62. The van der Waals surface area contributed by atoms with E-state index < -0.39 is 6.61 Å². The summed E-state index contributed by atoms with van der Waals surface area (Å²) in [5.74, 6) is -0.348. The summed E-state index contributed by atoms with van der Waals surface area (Å²) in [4.78, 5) is 12.2. The number of alkyl halides is 2. The summed E-state index contributed by atoms with van der Waals surface area (Å²) >= 11 is 5.40. The molecule has 1 amide bonds. The zero-order valence-corrected chi connectivity index (χ0v) is 14.2. The standard InChI is InChI=1S/C14H9BrF2INO2/c15-12-5-4-8(18)6-11(12)13(20)19-9-2-1-3-10(7-9)21-14(16)17/h1-7,14H,(H,19,20). The molecule has 0 aromatic heterocycles. The molecule has 2 rings (SSSR count). The number of nitrogens with one attached hydrogen (secondary N) is 1. The molecule has 1 N–H and O–H groups in total. The molecule has 110 valence electrons. The molecular formula is C14H9BrF2INO2. The SMILES string of the molecule is O=C(Nc1cccc(OC(F)F)c1)c1cc(I)ccc1Br. The monoisotopic (exact) mass is 467 g/mol. The molecule has 0 bridgehead atoms. The second-order valence-corrected chi connectivity index (χ2v) is 6.08. The summed E-state index contributed by atoms with van der Waals surface area (Å²) in [6.45, 7) is -2.90. The lowest BCUT2D eigenvalue weighted by atomic mass is 10.2. The molecule has 2 aromatic rings. The first-order valence-corrected chi connectivity index (χ1v) is 7.64. The number of benzene rings is 2. The minimum Gasteiger partial charge on any atom is -0.435 e. The summed E-state index contributed by atoms with van der Waals surface area (Å²) in [7, 11) is 0. The van der Waals surface area contributed by atoms with Crippen molar-refractivity contribution in [2.45, 2.75) is 6.61 Å². The maximum atomic E-state index is 12.2. The summed E-state index contributed by atoms with van der Waals surface area (Å²) < 4.78 is 30.2. The molecule has 0 heterocycles. The number of halogens is 4. The molecular weight excluding hydrogens is 459 g/mol. The number of hydrogen-bond acceptors (Lipinski definition) is 2. The molecule has 0 spiro atoms. The maximum Gasteiger partial charge on any atom is 0.387 e. The average Bonchev–Trinajstić information content (AvgIpc) is 2.41. The van der Waals surface area contributed by atoms with Crippen LogP contribution in [0.1, 0.15) is 10.4 Å². The van der Waals surface area contributed by atoms with Crippen molar-refractivity contribution in [3.63, 3.8) is 0 Å². The van der Waals surface area contributed by atoms with Crippen molar-refractivity contribution >= 4 is 50.1 Å². The van der Waals surface area contributed by atoms with E-state index >= 15 is 0 Å². The van der Waals surface area contributed by atoms with Crippen molar-refractivity contribution in [1.29, 1.82) is 0 Å². The minimum absolute atomic E-state index is 0.00971. The van der Waals surface area contributed by atoms with Crippen LogP contribution < -0.4 is 10.1 Å². The van der Waals surface area contributed by atoms with E-state index in [1.807, 2.05) is 6.07 Å². The van der Waals surface area contributed by atoms with Gasteiger partial charge < -0.3 is 10.1 Å². The van der Waals surface area contributed by atoms with Crippen molar-refractivity contribution in [1.82, 2.24) is 0 Å². The van der Waals surface area contributed by atoms with E-state index in [0.29, 0.717) is 15.7 Å². The highest BCUT2D eigenvalue weighted by atomic mass is 127. The summed E-state index contributed by atoms with van der Waals surface area (Å²) in [5.41, 5.74) is 0.839. The highest BCUT2D eigenvalue weighted by Crippen LogP contribution is 2.23. The van der Waals surface area contributed by atoms with Crippen LogP contribution in [0.2, 0.25) is 0 Å². The van der Waals surface area contributed by atoms with Crippen LogP contribution in [0.25, 0.3) is 0 Å². The zero-order valence-electron chi connectivity index (χ0n) is 10.4.